The van der Waals surface area contributed by atoms with E-state index in [0.717, 1.165) is 50.6 Å². The summed E-state index contributed by atoms with van der Waals surface area (Å²) in [4.78, 5) is 35.3. The van der Waals surface area contributed by atoms with Gasteiger partial charge in [-0.2, -0.15) is 0 Å². The largest absolute Gasteiger partial charge is 0.507 e. The average molecular weight is 888 g/mol. The Bertz CT molecular complexity index is 1190. The number of hydrogen-bond donors (Lipinski definition) is 4. The molecule has 0 saturated heterocycles. The van der Waals surface area contributed by atoms with E-state index in [9.17, 15) is 9.59 Å². The number of hydrogen-bond acceptors (Lipinski definition) is 7. The van der Waals surface area contributed by atoms with Gasteiger partial charge in [0.2, 0.25) is 0 Å². The molecule has 0 bridgehead atoms. The van der Waals surface area contributed by atoms with Crippen molar-refractivity contribution in [3.05, 3.63) is 39.0 Å². The molecule has 1 atom stereocenters. The van der Waals surface area contributed by atoms with Gasteiger partial charge in [0.05, 0.1) is 0 Å². The molecule has 1 aromatic rings. The molecule has 0 saturated carbocycles. The highest BCUT2D eigenvalue weighted by molar-refractivity contribution is 5.73. The number of anilines is 2. The van der Waals surface area contributed by atoms with Crippen LogP contribution in [0.1, 0.15) is 259 Å². The van der Waals surface area contributed by atoms with Gasteiger partial charge in [-0.25, -0.2) is 0 Å². The summed E-state index contributed by atoms with van der Waals surface area (Å²) in [6, 6.07) is 0. The summed E-state index contributed by atoms with van der Waals surface area (Å²) in [6.07, 6.45) is 49.2. The van der Waals surface area contributed by atoms with Crippen LogP contribution in [0.5, 0.6) is 0 Å². The molecule has 0 radical (unpaired) electrons. The first kappa shape index (κ1) is 62.5. The minimum atomic E-state index is -0.360. The zero-order valence-electron chi connectivity index (χ0n) is 42.4. The number of nitrogens with one attached hydrogen (secondary N) is 2. The van der Waals surface area contributed by atoms with Crippen LogP contribution in [0.4, 0.5) is 11.4 Å². The molecule has 0 spiro atoms. The lowest BCUT2D eigenvalue weighted by Crippen LogP contribution is -2.38. The van der Waals surface area contributed by atoms with Gasteiger partial charge in [0.1, 0.15) is 17.6 Å². The van der Waals surface area contributed by atoms with Crippen LogP contribution in [0, 0.1) is 11.8 Å². The van der Waals surface area contributed by atoms with Crippen LogP contribution < -0.4 is 21.5 Å². The maximum Gasteiger partial charge on any atom is 0.290 e. The van der Waals surface area contributed by atoms with Crippen molar-refractivity contribution in [1.82, 2.24) is 4.90 Å². The van der Waals surface area contributed by atoms with E-state index in [4.69, 9.17) is 15.0 Å². The van der Waals surface area contributed by atoms with Crippen LogP contribution in [0.3, 0.4) is 0 Å². The molecule has 0 aliphatic heterocycles. The normalized spacial score (nSPS) is 11.5. The molecule has 63 heavy (non-hydrogen) atoms. The fraction of sp³-hybridized carbons (Fsp3) is 0.855. The molecule has 4 N–H and O–H groups in total. The second kappa shape index (κ2) is 50.4. The van der Waals surface area contributed by atoms with Crippen LogP contribution in [0.25, 0.3) is 0 Å². The predicted octanol–water partition coefficient (Wildman–Crippen LogP) is 15.9. The minimum Gasteiger partial charge on any atom is -0.507 e. The van der Waals surface area contributed by atoms with Gasteiger partial charge in [-0.1, -0.05) is 246 Å². The second-order valence-electron chi connectivity index (χ2n) is 18.5. The summed E-state index contributed by atoms with van der Waals surface area (Å²) in [6.45, 7) is 19.1. The van der Waals surface area contributed by atoms with Gasteiger partial charge in [0.15, 0.2) is 0 Å². The number of aliphatic hydroxyl groups is 1. The number of carboxylic acid groups (broad SMARTS) is 1. The quantitative estimate of drug-likeness (QED) is 0.0168. The summed E-state index contributed by atoms with van der Waals surface area (Å²) in [5.41, 5.74) is 2.41. The first-order valence-corrected chi connectivity index (χ1v) is 26.9. The lowest BCUT2D eigenvalue weighted by atomic mass is 9.89. The third-order valence-electron chi connectivity index (χ3n) is 12.8. The number of rotatable bonds is 45. The summed E-state index contributed by atoms with van der Waals surface area (Å²) in [5.74, 6) is 1.92. The Balaban J connectivity index is 0. The second-order valence-corrected chi connectivity index (χ2v) is 18.5. The van der Waals surface area contributed by atoms with Gasteiger partial charge in [-0.3, -0.25) is 14.4 Å². The molecule has 0 aliphatic rings. The highest BCUT2D eigenvalue weighted by Gasteiger charge is 2.20. The number of carbonyl (C=O) groups is 1. The fourth-order valence-corrected chi connectivity index (χ4v) is 8.99. The summed E-state index contributed by atoms with van der Waals surface area (Å²) >= 11 is 0. The van der Waals surface area contributed by atoms with Crippen molar-refractivity contribution in [1.29, 1.82) is 0 Å². The maximum atomic E-state index is 12.2. The molecule has 0 aliphatic carbocycles. The van der Waals surface area contributed by atoms with E-state index < -0.39 is 0 Å². The van der Waals surface area contributed by atoms with Gasteiger partial charge < -0.3 is 25.7 Å². The lowest BCUT2D eigenvalue weighted by molar-refractivity contribution is -0.122. The Kier molecular flexibility index (Phi) is 50.0. The zero-order chi connectivity index (χ0) is 46.9. The van der Waals surface area contributed by atoms with E-state index in [0.29, 0.717) is 11.4 Å². The maximum absolute atomic E-state index is 12.2. The Labute approximate surface area is 390 Å². The fourth-order valence-electron chi connectivity index (χ4n) is 8.99. The number of unbranched alkanes of at least 4 members (excludes halogenated alkanes) is 21. The average Bonchev–Trinajstić information content (AvgIpc) is 3.29. The van der Waals surface area contributed by atoms with Crippen molar-refractivity contribution in [2.75, 3.05) is 43.4 Å². The van der Waals surface area contributed by atoms with Gasteiger partial charge in [0.25, 0.3) is 17.3 Å². The molecular weight excluding hydrogens is 783 g/mol. The zero-order valence-corrected chi connectivity index (χ0v) is 42.4. The third kappa shape index (κ3) is 39.5. The van der Waals surface area contributed by atoms with Gasteiger partial charge >= 0.3 is 0 Å². The van der Waals surface area contributed by atoms with E-state index in [1.807, 2.05) is 0 Å². The smallest absolute Gasteiger partial charge is 0.290 e. The van der Waals surface area contributed by atoms with E-state index in [-0.39, 0.29) is 17.3 Å². The van der Waals surface area contributed by atoms with Crippen LogP contribution in [0.15, 0.2) is 28.2 Å². The summed E-state index contributed by atoms with van der Waals surface area (Å²) in [7, 11) is 0. The predicted molar refractivity (Wildman–Crippen MR) is 277 cm³/mol. The Hall–Kier alpha value is -2.57. The highest BCUT2D eigenvalue weighted by atomic mass is 16.3. The molecule has 1 aromatic carbocycles. The number of nitrogens with zero attached hydrogens (tertiary/aromatic N) is 1. The molecule has 8 heteroatoms. The van der Waals surface area contributed by atoms with Crippen LogP contribution in [-0.2, 0) is 4.79 Å². The van der Waals surface area contributed by atoms with E-state index in [1.165, 1.54) is 225 Å². The van der Waals surface area contributed by atoms with Gasteiger partial charge in [-0.05, 0) is 57.2 Å². The minimum absolute atomic E-state index is 0.250. The van der Waals surface area contributed by atoms with Crippen LogP contribution in [-0.4, -0.2) is 54.3 Å². The van der Waals surface area contributed by atoms with Crippen molar-refractivity contribution in [3.8, 4) is 0 Å². The van der Waals surface area contributed by atoms with E-state index in [2.05, 4.69) is 62.5 Å². The molecule has 8 nitrogen and oxygen atoms in total. The molecule has 1 unspecified atom stereocenters. The SMILES string of the molecule is C=C=CO.CCCCCCCCC(CCCCCCCC)CCCCCCCN(CCCCCCCC(CCC)CCCCCC)CCCNc1c(NCCC)c(=O)c1=O.O=CO. The molecule has 0 heterocycles. The molecule has 370 valence electrons. The Morgan fingerprint density at radius 2 is 0.762 bits per heavy atom. The van der Waals surface area contributed by atoms with E-state index >= 15 is 0 Å². The topological polar surface area (TPSA) is 119 Å². The Morgan fingerprint density at radius 3 is 1.11 bits per heavy atom. The highest BCUT2D eigenvalue weighted by Crippen LogP contribution is 2.26. The van der Waals surface area contributed by atoms with Crippen LogP contribution >= 0.6 is 0 Å². The van der Waals surface area contributed by atoms with Crippen LogP contribution in [0.2, 0.25) is 0 Å². The van der Waals surface area contributed by atoms with E-state index in [1.54, 1.807) is 0 Å². The first-order valence-electron chi connectivity index (χ1n) is 26.9. The molecule has 1 rings (SSSR count). The van der Waals surface area contributed by atoms with Crippen molar-refractivity contribution >= 4 is 17.8 Å². The monoisotopic (exact) mass is 888 g/mol. The molecule has 0 fully saturated rings. The third-order valence-corrected chi connectivity index (χ3v) is 12.8. The first-order chi connectivity index (χ1) is 30.8. The molecular formula is C55H105N3O5. The number of aliphatic hydroxyl groups excluding tert-OH is 1. The summed E-state index contributed by atoms with van der Waals surface area (Å²) < 4.78 is 0. The van der Waals surface area contributed by atoms with Crippen molar-refractivity contribution < 1.29 is 15.0 Å². The molecule has 0 amide bonds. The van der Waals surface area contributed by atoms with Gasteiger partial charge in [-0.15, -0.1) is 0 Å². The lowest BCUT2D eigenvalue weighted by Gasteiger charge is -2.23. The van der Waals surface area contributed by atoms with Crippen molar-refractivity contribution in [3.63, 3.8) is 0 Å². The van der Waals surface area contributed by atoms with Gasteiger partial charge in [0, 0.05) is 13.1 Å². The Morgan fingerprint density at radius 1 is 0.460 bits per heavy atom. The molecule has 0 aromatic heterocycles. The van der Waals surface area contributed by atoms with Crippen molar-refractivity contribution in [2.45, 2.75) is 259 Å². The standard InChI is InChI=1S/C51H99N3O2.C3H4O.CH2O2/c1-6-11-14-17-21-29-38-47(39-30-22-18-15-12-7-2)40-31-24-20-26-33-44-54(45-34-42-53-49-48(52-41-10-5)50(55)51(49)56)43-32-25-19-23-28-37-46(35-9-4)36-27-16-13-8-3;1-2-3-4;2-1-3/h46-47,52-53H,6-45H2,1-5H3;3-4H,1H2;1H,(H,2,3). The van der Waals surface area contributed by atoms with Crippen molar-refractivity contribution in [2.24, 2.45) is 11.8 Å². The summed E-state index contributed by atoms with van der Waals surface area (Å²) in [5, 5.41) is 20.9.